The van der Waals surface area contributed by atoms with Crippen LogP contribution in [0.25, 0.3) is 11.3 Å². The first kappa shape index (κ1) is 21.0. The Bertz CT molecular complexity index is 1290. The van der Waals surface area contributed by atoms with E-state index in [9.17, 15) is 8.42 Å². The van der Waals surface area contributed by atoms with Crippen LogP contribution in [0.1, 0.15) is 11.5 Å². The van der Waals surface area contributed by atoms with Gasteiger partial charge in [0.1, 0.15) is 11.4 Å². The Morgan fingerprint density at radius 2 is 1.65 bits per heavy atom. The minimum absolute atomic E-state index is 0.0267. The van der Waals surface area contributed by atoms with Crippen LogP contribution in [0.2, 0.25) is 5.02 Å². The van der Waals surface area contributed by atoms with Crippen molar-refractivity contribution in [1.29, 1.82) is 0 Å². The molecule has 31 heavy (non-hydrogen) atoms. The van der Waals surface area contributed by atoms with Crippen LogP contribution in [0.3, 0.4) is 0 Å². The topological polar surface area (TPSA) is 81.4 Å². The molecule has 0 aliphatic carbocycles. The summed E-state index contributed by atoms with van der Waals surface area (Å²) in [7, 11) is -2.40. The lowest BCUT2D eigenvalue weighted by molar-refractivity contribution is 0.416. The van der Waals surface area contributed by atoms with Crippen LogP contribution >= 0.6 is 11.6 Å². The molecular weight excluding hydrogens is 436 g/mol. The average Bonchev–Trinajstić information content (AvgIpc) is 3.15. The standard InChI is InChI=1S/C23H19ClN2O4S/c1-29-19-14-8-13-18(24)21(19)22-23(26-31(27,28)17-11-6-3-7-12-17)30-20(25-22)15-16-9-4-2-5-10-16/h2-14,26H,15H2,1H3. The fourth-order valence-corrected chi connectivity index (χ4v) is 4.41. The summed E-state index contributed by atoms with van der Waals surface area (Å²) in [4.78, 5) is 4.67. The largest absolute Gasteiger partial charge is 0.496 e. The van der Waals surface area contributed by atoms with E-state index in [0.29, 0.717) is 28.6 Å². The second-order valence-corrected chi connectivity index (χ2v) is 8.77. The fraction of sp³-hybridized carbons (Fsp3) is 0.0870. The van der Waals surface area contributed by atoms with Gasteiger partial charge >= 0.3 is 0 Å². The van der Waals surface area contributed by atoms with Crippen LogP contribution in [0, 0.1) is 0 Å². The Hall–Kier alpha value is -3.29. The van der Waals surface area contributed by atoms with E-state index in [1.165, 1.54) is 19.2 Å². The monoisotopic (exact) mass is 454 g/mol. The number of aromatic nitrogens is 1. The number of oxazole rings is 1. The molecule has 0 unspecified atom stereocenters. The van der Waals surface area contributed by atoms with Crippen LogP contribution in [0.15, 0.2) is 88.2 Å². The molecule has 0 aliphatic rings. The highest BCUT2D eigenvalue weighted by molar-refractivity contribution is 7.92. The molecule has 0 fully saturated rings. The molecule has 4 rings (SSSR count). The van der Waals surface area contributed by atoms with Crippen molar-refractivity contribution in [3.63, 3.8) is 0 Å². The van der Waals surface area contributed by atoms with Crippen LogP contribution in [0.4, 0.5) is 5.88 Å². The molecular formula is C23H19ClN2O4S. The highest BCUT2D eigenvalue weighted by atomic mass is 35.5. The van der Waals surface area contributed by atoms with E-state index in [1.54, 1.807) is 36.4 Å². The molecule has 1 heterocycles. The molecule has 0 saturated heterocycles. The third kappa shape index (κ3) is 4.57. The van der Waals surface area contributed by atoms with E-state index in [4.69, 9.17) is 20.8 Å². The Labute approximate surface area is 185 Å². The van der Waals surface area contributed by atoms with Crippen molar-refractivity contribution in [2.45, 2.75) is 11.3 Å². The Kier molecular flexibility index (Phi) is 5.97. The number of nitrogens with one attached hydrogen (secondary N) is 1. The first-order valence-corrected chi connectivity index (χ1v) is 11.3. The molecule has 0 spiro atoms. The minimum Gasteiger partial charge on any atom is -0.496 e. The van der Waals surface area contributed by atoms with Gasteiger partial charge in [-0.3, -0.25) is 0 Å². The maximum absolute atomic E-state index is 12.9. The zero-order valence-electron chi connectivity index (χ0n) is 16.6. The third-order valence-electron chi connectivity index (χ3n) is 4.58. The molecule has 4 aromatic rings. The first-order chi connectivity index (χ1) is 15.0. The lowest BCUT2D eigenvalue weighted by atomic mass is 10.1. The third-order valence-corrected chi connectivity index (χ3v) is 6.24. The van der Waals surface area contributed by atoms with Crippen molar-refractivity contribution in [1.82, 2.24) is 4.98 Å². The molecule has 3 aromatic carbocycles. The number of hydrogen-bond acceptors (Lipinski definition) is 5. The lowest BCUT2D eigenvalue weighted by Gasteiger charge is -2.10. The molecule has 1 N–H and O–H groups in total. The van der Waals surface area contributed by atoms with E-state index in [2.05, 4.69) is 9.71 Å². The quantitative estimate of drug-likeness (QED) is 0.404. The van der Waals surface area contributed by atoms with Gasteiger partial charge in [0, 0.05) is 6.42 Å². The molecule has 0 saturated carbocycles. The molecule has 0 aliphatic heterocycles. The van der Waals surface area contributed by atoms with E-state index >= 15 is 0 Å². The highest BCUT2D eigenvalue weighted by Crippen LogP contribution is 2.41. The van der Waals surface area contributed by atoms with Gasteiger partial charge in [0.05, 0.1) is 22.6 Å². The number of halogens is 1. The van der Waals surface area contributed by atoms with Gasteiger partial charge in [0.15, 0.2) is 0 Å². The van der Waals surface area contributed by atoms with Crippen molar-refractivity contribution in [2.75, 3.05) is 11.8 Å². The molecule has 0 amide bonds. The van der Waals surface area contributed by atoms with E-state index < -0.39 is 10.0 Å². The van der Waals surface area contributed by atoms with Crippen molar-refractivity contribution in [3.05, 3.63) is 95.3 Å². The summed E-state index contributed by atoms with van der Waals surface area (Å²) in [5.74, 6) is 0.766. The SMILES string of the molecule is COc1cccc(Cl)c1-c1nc(Cc2ccccc2)oc1NS(=O)(=O)c1ccccc1. The molecule has 0 bridgehead atoms. The summed E-state index contributed by atoms with van der Waals surface area (Å²) in [6.07, 6.45) is 0.383. The van der Waals surface area contributed by atoms with Gasteiger partial charge < -0.3 is 9.15 Å². The zero-order valence-corrected chi connectivity index (χ0v) is 18.2. The second-order valence-electron chi connectivity index (χ2n) is 6.68. The van der Waals surface area contributed by atoms with Crippen LogP contribution < -0.4 is 9.46 Å². The van der Waals surface area contributed by atoms with Gasteiger partial charge in [-0.1, -0.05) is 66.2 Å². The first-order valence-electron chi connectivity index (χ1n) is 9.42. The van der Waals surface area contributed by atoms with Gasteiger partial charge in [0.25, 0.3) is 10.0 Å². The van der Waals surface area contributed by atoms with Crippen molar-refractivity contribution in [3.8, 4) is 17.0 Å². The van der Waals surface area contributed by atoms with Crippen molar-refractivity contribution >= 4 is 27.5 Å². The number of nitrogens with zero attached hydrogens (tertiary/aromatic N) is 1. The summed E-state index contributed by atoms with van der Waals surface area (Å²) in [6.45, 7) is 0. The molecule has 158 valence electrons. The number of anilines is 1. The summed E-state index contributed by atoms with van der Waals surface area (Å²) in [5, 5.41) is 0.360. The number of ether oxygens (including phenoxy) is 1. The van der Waals surface area contributed by atoms with Gasteiger partial charge in [-0.15, -0.1) is 0 Å². The smallest absolute Gasteiger partial charge is 0.264 e. The maximum atomic E-state index is 12.9. The Morgan fingerprint density at radius 1 is 0.968 bits per heavy atom. The number of rotatable bonds is 7. The molecule has 0 atom stereocenters. The van der Waals surface area contributed by atoms with Crippen molar-refractivity contribution in [2.24, 2.45) is 0 Å². The predicted molar refractivity (Wildman–Crippen MR) is 120 cm³/mol. The second kappa shape index (κ2) is 8.83. The average molecular weight is 455 g/mol. The number of sulfonamides is 1. The zero-order chi connectivity index (χ0) is 21.8. The van der Waals surface area contributed by atoms with Gasteiger partial charge in [-0.2, -0.15) is 0 Å². The molecule has 1 aromatic heterocycles. The highest BCUT2D eigenvalue weighted by Gasteiger charge is 2.25. The minimum atomic E-state index is -3.90. The van der Waals surface area contributed by atoms with Gasteiger partial charge in [-0.05, 0) is 29.8 Å². The lowest BCUT2D eigenvalue weighted by Crippen LogP contribution is -2.13. The van der Waals surface area contributed by atoms with E-state index in [-0.39, 0.29) is 16.5 Å². The van der Waals surface area contributed by atoms with Gasteiger partial charge in [0.2, 0.25) is 11.8 Å². The number of benzene rings is 3. The van der Waals surface area contributed by atoms with E-state index in [1.807, 2.05) is 30.3 Å². The molecule has 0 radical (unpaired) electrons. The Balaban J connectivity index is 1.81. The van der Waals surface area contributed by atoms with Gasteiger partial charge in [-0.25, -0.2) is 18.1 Å². The fourth-order valence-electron chi connectivity index (χ4n) is 3.13. The summed E-state index contributed by atoms with van der Waals surface area (Å²) < 4.78 is 39.7. The van der Waals surface area contributed by atoms with Crippen molar-refractivity contribution < 1.29 is 17.6 Å². The maximum Gasteiger partial charge on any atom is 0.264 e. The summed E-state index contributed by atoms with van der Waals surface area (Å²) in [6, 6.07) is 22.8. The van der Waals surface area contributed by atoms with Crippen LogP contribution in [-0.2, 0) is 16.4 Å². The molecule has 8 heteroatoms. The summed E-state index contributed by atoms with van der Waals surface area (Å²) >= 11 is 6.43. The Morgan fingerprint density at radius 3 is 2.32 bits per heavy atom. The normalized spacial score (nSPS) is 11.3. The summed E-state index contributed by atoms with van der Waals surface area (Å²) in [5.41, 5.74) is 1.67. The van der Waals surface area contributed by atoms with E-state index in [0.717, 1.165) is 5.56 Å². The van der Waals surface area contributed by atoms with Crippen LogP contribution in [0.5, 0.6) is 5.75 Å². The number of hydrogen-bond donors (Lipinski definition) is 1. The van der Waals surface area contributed by atoms with Crippen LogP contribution in [-0.4, -0.2) is 20.5 Å². The molecule has 6 nitrogen and oxygen atoms in total. The predicted octanol–water partition coefficient (Wildman–Crippen LogP) is 5.40. The number of methoxy groups -OCH3 is 1.